The van der Waals surface area contributed by atoms with Crippen molar-refractivity contribution in [1.29, 1.82) is 0 Å². The monoisotopic (exact) mass is 288 g/mol. The fourth-order valence-corrected chi connectivity index (χ4v) is 4.41. The van der Waals surface area contributed by atoms with Crippen LogP contribution in [0.25, 0.3) is 0 Å². The van der Waals surface area contributed by atoms with Crippen molar-refractivity contribution in [1.82, 2.24) is 0 Å². The summed E-state index contributed by atoms with van der Waals surface area (Å²) in [5.41, 5.74) is 3.59. The molecule has 0 bridgehead atoms. The number of esters is 1. The highest BCUT2D eigenvalue weighted by molar-refractivity contribution is 6.56. The van der Waals surface area contributed by atoms with Gasteiger partial charge in [0.1, 0.15) is 0 Å². The average Bonchev–Trinajstić information content (AvgIpc) is 2.86. The van der Waals surface area contributed by atoms with Crippen LogP contribution >= 0.6 is 0 Å². The molecule has 0 amide bonds. The predicted molar refractivity (Wildman–Crippen MR) is 80.3 cm³/mol. The molecule has 0 saturated carbocycles. The first-order chi connectivity index (χ1) is 9.58. The quantitative estimate of drug-likeness (QED) is 0.519. The molecule has 0 fully saturated rings. The van der Waals surface area contributed by atoms with E-state index in [0.29, 0.717) is 9.52 Å². The third-order valence-corrected chi connectivity index (χ3v) is 5.81. The summed E-state index contributed by atoms with van der Waals surface area (Å²) >= 11 is 0. The molecule has 0 heterocycles. The van der Waals surface area contributed by atoms with Gasteiger partial charge in [-0.1, -0.05) is 29.5 Å². The van der Waals surface area contributed by atoms with Crippen LogP contribution in [0.4, 0.5) is 0 Å². The highest BCUT2D eigenvalue weighted by Crippen LogP contribution is 2.36. The first kappa shape index (κ1) is 15.0. The van der Waals surface area contributed by atoms with Crippen LogP contribution < -0.4 is 5.19 Å². The molecule has 4 heteroatoms. The van der Waals surface area contributed by atoms with Gasteiger partial charge in [-0.15, -0.1) is 0 Å². The number of carbonyl (C=O) groups is 1. The van der Waals surface area contributed by atoms with E-state index in [0.717, 1.165) is 12.0 Å². The van der Waals surface area contributed by atoms with Crippen LogP contribution in [0, 0.1) is 19.8 Å². The molecule has 1 N–H and O–H groups in total. The maximum atomic E-state index is 12.0. The molecule has 20 heavy (non-hydrogen) atoms. The zero-order valence-corrected chi connectivity index (χ0v) is 13.1. The fourth-order valence-electron chi connectivity index (χ4n) is 2.65. The van der Waals surface area contributed by atoms with Gasteiger partial charge in [0.05, 0.1) is 29.2 Å². The molecule has 0 aliphatic heterocycles. The number of aryl methyl sites for hydroxylation is 1. The van der Waals surface area contributed by atoms with Gasteiger partial charge >= 0.3 is 5.97 Å². The van der Waals surface area contributed by atoms with Crippen LogP contribution in [-0.4, -0.2) is 34.3 Å². The number of hydrogen-bond acceptors (Lipinski definition) is 3. The van der Waals surface area contributed by atoms with E-state index in [1.807, 2.05) is 6.08 Å². The zero-order valence-electron chi connectivity index (χ0n) is 12.1. The van der Waals surface area contributed by atoms with Crippen molar-refractivity contribution in [3.05, 3.63) is 41.0 Å². The normalized spacial score (nSPS) is 21.7. The molecule has 1 aromatic carbocycles. The van der Waals surface area contributed by atoms with Crippen molar-refractivity contribution in [2.75, 3.05) is 13.7 Å². The first-order valence-electron chi connectivity index (χ1n) is 6.78. The van der Waals surface area contributed by atoms with E-state index in [4.69, 9.17) is 4.74 Å². The lowest BCUT2D eigenvalue weighted by Gasteiger charge is -2.20. The minimum absolute atomic E-state index is 0.0620. The Morgan fingerprint density at radius 1 is 1.45 bits per heavy atom. The molecule has 0 saturated heterocycles. The van der Waals surface area contributed by atoms with Gasteiger partial charge in [-0.05, 0) is 42.5 Å². The maximum absolute atomic E-state index is 12.0. The standard InChI is InChI=1S/C16H20O3Si/c1-10-5-4-6-13(11(10)2)20-14-8-7-12(9-17)15(14)16(18)19-3/h4-7,14-15,17H,8-9H2,1-3H3/t14-,15-/m0/s1. The van der Waals surface area contributed by atoms with Crippen molar-refractivity contribution in [3.63, 3.8) is 0 Å². The number of ether oxygens (including phenoxy) is 1. The van der Waals surface area contributed by atoms with Crippen molar-refractivity contribution in [2.45, 2.75) is 25.8 Å². The molecule has 1 aliphatic carbocycles. The third-order valence-electron chi connectivity index (χ3n) is 4.02. The molecule has 0 spiro atoms. The zero-order chi connectivity index (χ0) is 14.7. The Morgan fingerprint density at radius 3 is 2.85 bits per heavy atom. The minimum Gasteiger partial charge on any atom is -0.469 e. The lowest BCUT2D eigenvalue weighted by molar-refractivity contribution is -0.144. The Kier molecular flexibility index (Phi) is 4.78. The van der Waals surface area contributed by atoms with E-state index in [1.54, 1.807) is 0 Å². The average molecular weight is 288 g/mol. The number of carbonyl (C=O) groups excluding carboxylic acids is 1. The summed E-state index contributed by atoms with van der Waals surface area (Å²) in [5, 5.41) is 10.7. The second-order valence-electron chi connectivity index (χ2n) is 5.17. The number of rotatable bonds is 4. The molecular weight excluding hydrogens is 268 g/mol. The largest absolute Gasteiger partial charge is 0.469 e. The van der Waals surface area contributed by atoms with E-state index in [-0.39, 0.29) is 24.0 Å². The third kappa shape index (κ3) is 2.86. The number of aliphatic hydroxyl groups excluding tert-OH is 1. The summed E-state index contributed by atoms with van der Waals surface area (Å²) in [6.45, 7) is 4.17. The number of hydrogen-bond donors (Lipinski definition) is 1. The first-order valence-corrected chi connectivity index (χ1v) is 7.86. The van der Waals surface area contributed by atoms with Crippen LogP contribution in [0.1, 0.15) is 17.5 Å². The van der Waals surface area contributed by atoms with E-state index in [2.05, 4.69) is 32.0 Å². The molecule has 3 nitrogen and oxygen atoms in total. The minimum atomic E-state index is -0.289. The lowest BCUT2D eigenvalue weighted by atomic mass is 10.0. The summed E-state index contributed by atoms with van der Waals surface area (Å²) < 4.78 is 4.90. The van der Waals surface area contributed by atoms with Crippen molar-refractivity contribution in [2.24, 2.45) is 5.92 Å². The van der Waals surface area contributed by atoms with E-state index in [9.17, 15) is 9.90 Å². The number of benzene rings is 1. The number of allylic oxidation sites excluding steroid dienone is 1. The smallest absolute Gasteiger partial charge is 0.312 e. The second kappa shape index (κ2) is 6.37. The SMILES string of the molecule is COC(=O)[C@H]1C(CO)=CC[C@@H]1[Si]c1cccc(C)c1C. The summed E-state index contributed by atoms with van der Waals surface area (Å²) in [7, 11) is 1.96. The molecular formula is C16H20O3Si. The Bertz CT molecular complexity index is 537. The Morgan fingerprint density at radius 2 is 2.20 bits per heavy atom. The van der Waals surface area contributed by atoms with Gasteiger partial charge in [0, 0.05) is 0 Å². The molecule has 106 valence electrons. The van der Waals surface area contributed by atoms with Crippen LogP contribution in [0.2, 0.25) is 5.54 Å². The van der Waals surface area contributed by atoms with Crippen LogP contribution in [0.15, 0.2) is 29.8 Å². The lowest BCUT2D eigenvalue weighted by Crippen LogP contribution is -2.30. The van der Waals surface area contributed by atoms with Gasteiger partial charge in [0.15, 0.2) is 0 Å². The molecule has 0 unspecified atom stereocenters. The number of aliphatic hydroxyl groups is 1. The van der Waals surface area contributed by atoms with Gasteiger partial charge in [0.2, 0.25) is 0 Å². The predicted octanol–water partition coefficient (Wildman–Crippen LogP) is 1.53. The molecule has 2 rings (SSSR count). The second-order valence-corrected chi connectivity index (χ2v) is 6.74. The van der Waals surface area contributed by atoms with E-state index < -0.39 is 0 Å². The van der Waals surface area contributed by atoms with Gasteiger partial charge in [-0.2, -0.15) is 0 Å². The van der Waals surface area contributed by atoms with Gasteiger partial charge in [0.25, 0.3) is 0 Å². The molecule has 0 aromatic heterocycles. The van der Waals surface area contributed by atoms with E-state index >= 15 is 0 Å². The van der Waals surface area contributed by atoms with Crippen molar-refractivity contribution in [3.8, 4) is 0 Å². The van der Waals surface area contributed by atoms with Crippen LogP contribution in [0.5, 0.6) is 0 Å². The van der Waals surface area contributed by atoms with Crippen molar-refractivity contribution < 1.29 is 14.6 Å². The summed E-state index contributed by atoms with van der Waals surface area (Å²) in [5.74, 6) is -0.520. The Balaban J connectivity index is 2.21. The maximum Gasteiger partial charge on any atom is 0.312 e. The molecule has 2 atom stereocenters. The fraction of sp³-hybridized carbons (Fsp3) is 0.438. The highest BCUT2D eigenvalue weighted by atomic mass is 28.2. The van der Waals surface area contributed by atoms with Crippen molar-refractivity contribution >= 4 is 20.7 Å². The van der Waals surface area contributed by atoms with Gasteiger partial charge in [-0.25, -0.2) is 0 Å². The molecule has 2 radical (unpaired) electrons. The Hall–Kier alpha value is -1.39. The van der Waals surface area contributed by atoms with Gasteiger partial charge in [-0.3, -0.25) is 4.79 Å². The molecule has 1 aliphatic rings. The molecule has 1 aromatic rings. The number of methoxy groups -OCH3 is 1. The highest BCUT2D eigenvalue weighted by Gasteiger charge is 2.36. The van der Waals surface area contributed by atoms with Crippen LogP contribution in [0.3, 0.4) is 0 Å². The topological polar surface area (TPSA) is 46.5 Å². The summed E-state index contributed by atoms with van der Waals surface area (Å²) in [6.07, 6.45) is 2.83. The summed E-state index contributed by atoms with van der Waals surface area (Å²) in [4.78, 5) is 12.0. The van der Waals surface area contributed by atoms with Crippen LogP contribution in [-0.2, 0) is 9.53 Å². The summed E-state index contributed by atoms with van der Waals surface area (Å²) in [6, 6.07) is 6.30. The Labute approximate surface area is 122 Å². The van der Waals surface area contributed by atoms with E-state index in [1.165, 1.54) is 23.4 Å². The van der Waals surface area contributed by atoms with Gasteiger partial charge < -0.3 is 9.84 Å².